The molecule has 1 aliphatic rings. The average molecular weight is 409 g/mol. The van der Waals surface area contributed by atoms with Gasteiger partial charge in [0.15, 0.2) is 11.0 Å². The zero-order valence-corrected chi connectivity index (χ0v) is 17.3. The van der Waals surface area contributed by atoms with Crippen LogP contribution in [0.2, 0.25) is 0 Å². The van der Waals surface area contributed by atoms with Gasteiger partial charge >= 0.3 is 0 Å². The van der Waals surface area contributed by atoms with Gasteiger partial charge < -0.3 is 9.64 Å². The standard InChI is InChI=1S/C22H24N4O2S/c1-28-19-13-7-6-12-18(19)26-21(17-10-4-2-5-11-17)23-24-22(26)29-16-20(27)25-14-8-3-9-15-25/h2,4-7,10-13H,3,8-9,14-16H2,1H3. The Morgan fingerprint density at radius 1 is 1.00 bits per heavy atom. The van der Waals surface area contributed by atoms with Crippen LogP contribution in [0.5, 0.6) is 5.75 Å². The predicted molar refractivity (Wildman–Crippen MR) is 115 cm³/mol. The smallest absolute Gasteiger partial charge is 0.233 e. The van der Waals surface area contributed by atoms with Crippen molar-refractivity contribution in [3.63, 3.8) is 0 Å². The lowest BCUT2D eigenvalue weighted by Gasteiger charge is -2.26. The number of amides is 1. The quantitative estimate of drug-likeness (QED) is 0.576. The van der Waals surface area contributed by atoms with Gasteiger partial charge in [-0.3, -0.25) is 9.36 Å². The number of methoxy groups -OCH3 is 1. The minimum atomic E-state index is 0.158. The van der Waals surface area contributed by atoms with Gasteiger partial charge in [-0.2, -0.15) is 0 Å². The Bertz CT molecular complexity index is 968. The van der Waals surface area contributed by atoms with Crippen LogP contribution in [-0.4, -0.2) is 51.5 Å². The van der Waals surface area contributed by atoms with Crippen molar-refractivity contribution in [1.82, 2.24) is 19.7 Å². The molecule has 0 N–H and O–H groups in total. The summed E-state index contributed by atoms with van der Waals surface area (Å²) in [6.45, 7) is 1.71. The average Bonchev–Trinajstić information content (AvgIpc) is 3.22. The van der Waals surface area contributed by atoms with Gasteiger partial charge in [0.2, 0.25) is 5.91 Å². The van der Waals surface area contributed by atoms with Gasteiger partial charge in [0.25, 0.3) is 0 Å². The fraction of sp³-hybridized carbons (Fsp3) is 0.318. The molecule has 2 aromatic carbocycles. The van der Waals surface area contributed by atoms with E-state index in [1.54, 1.807) is 7.11 Å². The number of hydrogen-bond acceptors (Lipinski definition) is 5. The van der Waals surface area contributed by atoms with Gasteiger partial charge in [0.05, 0.1) is 18.6 Å². The molecule has 0 unspecified atom stereocenters. The highest BCUT2D eigenvalue weighted by Gasteiger charge is 2.21. The van der Waals surface area contributed by atoms with Crippen LogP contribution in [-0.2, 0) is 4.79 Å². The second kappa shape index (κ2) is 9.13. The summed E-state index contributed by atoms with van der Waals surface area (Å²) in [5, 5.41) is 9.53. The molecule has 1 fully saturated rings. The fourth-order valence-corrected chi connectivity index (χ4v) is 4.38. The third-order valence-electron chi connectivity index (χ3n) is 5.02. The van der Waals surface area contributed by atoms with E-state index in [0.29, 0.717) is 10.9 Å². The van der Waals surface area contributed by atoms with Crippen molar-refractivity contribution < 1.29 is 9.53 Å². The minimum Gasteiger partial charge on any atom is -0.495 e. The summed E-state index contributed by atoms with van der Waals surface area (Å²) in [6.07, 6.45) is 3.39. The van der Waals surface area contributed by atoms with E-state index in [4.69, 9.17) is 4.74 Å². The van der Waals surface area contributed by atoms with E-state index in [2.05, 4.69) is 10.2 Å². The molecule has 29 heavy (non-hydrogen) atoms. The largest absolute Gasteiger partial charge is 0.495 e. The molecular formula is C22H24N4O2S. The summed E-state index contributed by atoms with van der Waals surface area (Å²) in [4.78, 5) is 14.6. The van der Waals surface area contributed by atoms with Gasteiger partial charge in [-0.15, -0.1) is 10.2 Å². The van der Waals surface area contributed by atoms with E-state index < -0.39 is 0 Å². The molecule has 2 heterocycles. The third kappa shape index (κ3) is 4.29. The van der Waals surface area contributed by atoms with Gasteiger partial charge in [-0.25, -0.2) is 0 Å². The Labute approximate surface area is 174 Å². The zero-order chi connectivity index (χ0) is 20.1. The van der Waals surface area contributed by atoms with Gasteiger partial charge in [0.1, 0.15) is 5.75 Å². The molecule has 3 aromatic rings. The lowest BCUT2D eigenvalue weighted by molar-refractivity contribution is -0.129. The van der Waals surface area contributed by atoms with Crippen LogP contribution >= 0.6 is 11.8 Å². The lowest BCUT2D eigenvalue weighted by Crippen LogP contribution is -2.36. The zero-order valence-electron chi connectivity index (χ0n) is 16.5. The van der Waals surface area contributed by atoms with Crippen LogP contribution in [0.3, 0.4) is 0 Å². The first kappa shape index (κ1) is 19.5. The van der Waals surface area contributed by atoms with Crippen molar-refractivity contribution in [3.8, 4) is 22.8 Å². The van der Waals surface area contributed by atoms with Crippen molar-refractivity contribution in [3.05, 3.63) is 54.6 Å². The summed E-state index contributed by atoms with van der Waals surface area (Å²) in [7, 11) is 1.65. The molecule has 4 rings (SSSR count). The van der Waals surface area contributed by atoms with E-state index in [1.165, 1.54) is 18.2 Å². The Kier molecular flexibility index (Phi) is 6.14. The van der Waals surface area contributed by atoms with Crippen LogP contribution in [0.25, 0.3) is 17.1 Å². The minimum absolute atomic E-state index is 0.158. The number of likely N-dealkylation sites (tertiary alicyclic amines) is 1. The maximum absolute atomic E-state index is 12.6. The topological polar surface area (TPSA) is 60.2 Å². The first-order valence-electron chi connectivity index (χ1n) is 9.82. The first-order valence-corrected chi connectivity index (χ1v) is 10.8. The highest BCUT2D eigenvalue weighted by atomic mass is 32.2. The number of thioether (sulfide) groups is 1. The van der Waals surface area contributed by atoms with E-state index in [9.17, 15) is 4.79 Å². The number of para-hydroxylation sites is 2. The number of ether oxygens (including phenoxy) is 1. The van der Waals surface area contributed by atoms with Gasteiger partial charge in [-0.05, 0) is 31.4 Å². The monoisotopic (exact) mass is 408 g/mol. The molecule has 0 atom stereocenters. The number of benzene rings is 2. The van der Waals surface area contributed by atoms with Crippen molar-refractivity contribution in [2.45, 2.75) is 24.4 Å². The fourth-order valence-electron chi connectivity index (χ4n) is 3.53. The number of rotatable bonds is 6. The molecule has 0 aliphatic carbocycles. The SMILES string of the molecule is COc1ccccc1-n1c(SCC(=O)N2CCCCC2)nnc1-c1ccccc1. The van der Waals surface area contributed by atoms with Crippen molar-refractivity contribution >= 4 is 17.7 Å². The number of carbonyl (C=O) groups excluding carboxylic acids is 1. The second-order valence-electron chi connectivity index (χ2n) is 6.91. The summed E-state index contributed by atoms with van der Waals surface area (Å²) in [6, 6.07) is 17.7. The van der Waals surface area contributed by atoms with Crippen molar-refractivity contribution in [2.24, 2.45) is 0 Å². The summed E-state index contributed by atoms with van der Waals surface area (Å²) >= 11 is 1.42. The molecule has 1 saturated heterocycles. The molecule has 0 bridgehead atoms. The normalized spacial score (nSPS) is 14.0. The molecular weight excluding hydrogens is 384 g/mol. The molecule has 6 nitrogen and oxygen atoms in total. The first-order chi connectivity index (χ1) is 14.3. The molecule has 150 valence electrons. The maximum Gasteiger partial charge on any atom is 0.233 e. The van der Waals surface area contributed by atoms with Crippen LogP contribution in [0.4, 0.5) is 0 Å². The Morgan fingerprint density at radius 3 is 2.48 bits per heavy atom. The molecule has 1 amide bonds. The highest BCUT2D eigenvalue weighted by molar-refractivity contribution is 7.99. The summed E-state index contributed by atoms with van der Waals surface area (Å²) in [5.41, 5.74) is 1.81. The van der Waals surface area contributed by atoms with Crippen molar-refractivity contribution in [2.75, 3.05) is 26.0 Å². The van der Waals surface area contributed by atoms with E-state index in [0.717, 1.165) is 48.8 Å². The molecule has 1 aromatic heterocycles. The van der Waals surface area contributed by atoms with Crippen LogP contribution in [0, 0.1) is 0 Å². The summed E-state index contributed by atoms with van der Waals surface area (Å²) in [5.74, 6) is 1.96. The number of aromatic nitrogens is 3. The van der Waals surface area contributed by atoms with Crippen LogP contribution < -0.4 is 4.74 Å². The molecule has 0 radical (unpaired) electrons. The van der Waals surface area contributed by atoms with Crippen LogP contribution in [0.15, 0.2) is 59.8 Å². The second-order valence-corrected chi connectivity index (χ2v) is 7.85. The number of piperidine rings is 1. The number of nitrogens with zero attached hydrogens (tertiary/aromatic N) is 4. The van der Waals surface area contributed by atoms with Gasteiger partial charge in [-0.1, -0.05) is 54.2 Å². The Morgan fingerprint density at radius 2 is 1.72 bits per heavy atom. The van der Waals surface area contributed by atoms with Crippen molar-refractivity contribution in [1.29, 1.82) is 0 Å². The summed E-state index contributed by atoms with van der Waals surface area (Å²) < 4.78 is 7.55. The van der Waals surface area contributed by atoms with E-state index in [1.807, 2.05) is 64.1 Å². The van der Waals surface area contributed by atoms with E-state index in [-0.39, 0.29) is 5.91 Å². The van der Waals surface area contributed by atoms with Crippen LogP contribution in [0.1, 0.15) is 19.3 Å². The predicted octanol–water partition coefficient (Wildman–Crippen LogP) is 4.05. The highest BCUT2D eigenvalue weighted by Crippen LogP contribution is 2.32. The number of hydrogen-bond donors (Lipinski definition) is 0. The molecule has 0 saturated carbocycles. The lowest BCUT2D eigenvalue weighted by atomic mass is 10.1. The molecule has 1 aliphatic heterocycles. The third-order valence-corrected chi connectivity index (χ3v) is 5.94. The number of carbonyl (C=O) groups is 1. The molecule has 0 spiro atoms. The maximum atomic E-state index is 12.6. The Hall–Kier alpha value is -2.80. The molecule has 7 heteroatoms. The van der Waals surface area contributed by atoms with Gasteiger partial charge in [0, 0.05) is 18.7 Å². The Balaban J connectivity index is 1.67. The van der Waals surface area contributed by atoms with E-state index >= 15 is 0 Å².